The summed E-state index contributed by atoms with van der Waals surface area (Å²) in [5, 5.41) is 2.84. The number of nitrogens with zero attached hydrogens (tertiary/aromatic N) is 1. The normalized spacial score (nSPS) is 9.80. The zero-order valence-electron chi connectivity index (χ0n) is 8.96. The van der Waals surface area contributed by atoms with Crippen LogP contribution in [-0.2, 0) is 0 Å². The van der Waals surface area contributed by atoms with Crippen LogP contribution < -0.4 is 10.2 Å². The lowest BCUT2D eigenvalue weighted by Crippen LogP contribution is -2.25. The summed E-state index contributed by atoms with van der Waals surface area (Å²) < 4.78 is 0.930. The van der Waals surface area contributed by atoms with Crippen molar-refractivity contribution in [3.8, 4) is 0 Å². The molecule has 0 aliphatic rings. The summed E-state index contributed by atoms with van der Waals surface area (Å²) in [5.74, 6) is -0.00280. The van der Waals surface area contributed by atoms with Crippen molar-refractivity contribution in [2.24, 2.45) is 0 Å². The van der Waals surface area contributed by atoms with E-state index in [-0.39, 0.29) is 5.91 Å². The molecule has 1 aromatic rings. The van der Waals surface area contributed by atoms with Gasteiger partial charge in [0.15, 0.2) is 0 Å². The highest BCUT2D eigenvalue weighted by molar-refractivity contribution is 14.1. The second-order valence-electron chi connectivity index (χ2n) is 3.39. The van der Waals surface area contributed by atoms with Crippen LogP contribution in [0.3, 0.4) is 0 Å². The lowest BCUT2D eigenvalue weighted by atomic mass is 10.2. The van der Waals surface area contributed by atoms with Gasteiger partial charge in [-0.05, 0) is 24.3 Å². The molecule has 0 aliphatic heterocycles. The summed E-state index contributed by atoms with van der Waals surface area (Å²) in [5.41, 5.74) is 1.81. The number of nitrogens with one attached hydrogen (secondary N) is 1. The first-order valence-corrected chi connectivity index (χ1v) is 6.29. The maximum atomic E-state index is 11.6. The Balaban J connectivity index is 2.67. The first-order chi connectivity index (χ1) is 7.15. The number of rotatable bonds is 4. The largest absolute Gasteiger partial charge is 0.378 e. The number of halogens is 1. The van der Waals surface area contributed by atoms with Crippen molar-refractivity contribution in [2.75, 3.05) is 30.0 Å². The molecular weight excluding hydrogens is 303 g/mol. The van der Waals surface area contributed by atoms with Gasteiger partial charge in [0.25, 0.3) is 5.91 Å². The van der Waals surface area contributed by atoms with Crippen LogP contribution in [0, 0.1) is 0 Å². The van der Waals surface area contributed by atoms with E-state index in [1.165, 1.54) is 0 Å². The molecule has 1 N–H and O–H groups in total. The number of carbonyl (C=O) groups excluding carboxylic acids is 1. The topological polar surface area (TPSA) is 32.3 Å². The first kappa shape index (κ1) is 12.3. The summed E-state index contributed by atoms with van der Waals surface area (Å²) in [7, 11) is 3.95. The molecule has 0 bridgehead atoms. The molecular formula is C11H15IN2O. The van der Waals surface area contributed by atoms with E-state index in [1.807, 2.05) is 43.3 Å². The van der Waals surface area contributed by atoms with Gasteiger partial charge in [-0.25, -0.2) is 0 Å². The molecule has 4 heteroatoms. The van der Waals surface area contributed by atoms with Gasteiger partial charge < -0.3 is 10.2 Å². The number of hydrogen-bond donors (Lipinski definition) is 1. The van der Waals surface area contributed by atoms with Crippen LogP contribution in [0.25, 0.3) is 0 Å². The van der Waals surface area contributed by atoms with Crippen LogP contribution in [0.4, 0.5) is 5.69 Å². The Morgan fingerprint density at radius 1 is 1.33 bits per heavy atom. The van der Waals surface area contributed by atoms with Crippen molar-refractivity contribution in [1.82, 2.24) is 5.32 Å². The van der Waals surface area contributed by atoms with Gasteiger partial charge >= 0.3 is 0 Å². The number of benzene rings is 1. The van der Waals surface area contributed by atoms with Gasteiger partial charge in [0.2, 0.25) is 0 Å². The predicted octanol–water partition coefficient (Wildman–Crippen LogP) is 1.92. The number of hydrogen-bond acceptors (Lipinski definition) is 2. The van der Waals surface area contributed by atoms with E-state index in [1.54, 1.807) is 0 Å². The Hall–Kier alpha value is -0.780. The van der Waals surface area contributed by atoms with Gasteiger partial charge in [0, 0.05) is 36.3 Å². The quantitative estimate of drug-likeness (QED) is 0.679. The third-order valence-corrected chi connectivity index (χ3v) is 2.57. The third-order valence-electron chi connectivity index (χ3n) is 2.03. The molecule has 1 amide bonds. The smallest absolute Gasteiger partial charge is 0.251 e. The minimum Gasteiger partial charge on any atom is -0.378 e. The monoisotopic (exact) mass is 318 g/mol. The molecule has 0 radical (unpaired) electrons. The average Bonchev–Trinajstić information content (AvgIpc) is 2.26. The van der Waals surface area contributed by atoms with Gasteiger partial charge in [-0.2, -0.15) is 0 Å². The number of alkyl halides is 1. The van der Waals surface area contributed by atoms with Gasteiger partial charge in [0.05, 0.1) is 0 Å². The average molecular weight is 318 g/mol. The Bertz CT molecular complexity index is 322. The van der Waals surface area contributed by atoms with E-state index in [9.17, 15) is 4.79 Å². The summed E-state index contributed by atoms with van der Waals surface area (Å²) in [6.07, 6.45) is 0. The summed E-state index contributed by atoms with van der Waals surface area (Å²) in [6, 6.07) is 7.58. The fourth-order valence-electron chi connectivity index (χ4n) is 1.17. The molecule has 0 saturated heterocycles. The highest BCUT2D eigenvalue weighted by Gasteiger charge is 2.04. The molecule has 1 aromatic carbocycles. The van der Waals surface area contributed by atoms with Crippen LogP contribution in [0.2, 0.25) is 0 Å². The van der Waals surface area contributed by atoms with Crippen molar-refractivity contribution in [3.63, 3.8) is 0 Å². The van der Waals surface area contributed by atoms with Crippen LogP contribution in [-0.4, -0.2) is 31.0 Å². The van der Waals surface area contributed by atoms with E-state index in [0.29, 0.717) is 5.56 Å². The van der Waals surface area contributed by atoms with Crippen molar-refractivity contribution in [2.45, 2.75) is 0 Å². The predicted molar refractivity (Wildman–Crippen MR) is 72.0 cm³/mol. The Kier molecular flexibility index (Phi) is 4.87. The summed E-state index contributed by atoms with van der Waals surface area (Å²) >= 11 is 2.23. The van der Waals surface area contributed by atoms with Crippen molar-refractivity contribution in [3.05, 3.63) is 29.8 Å². The van der Waals surface area contributed by atoms with Crippen LogP contribution in [0.1, 0.15) is 10.4 Å². The lowest BCUT2D eigenvalue weighted by molar-refractivity contribution is 0.0956. The van der Waals surface area contributed by atoms with Gasteiger partial charge in [-0.15, -0.1) is 0 Å². The summed E-state index contributed by atoms with van der Waals surface area (Å²) in [6.45, 7) is 0.717. The number of carbonyl (C=O) groups is 1. The minimum atomic E-state index is -0.00280. The number of anilines is 1. The molecule has 0 heterocycles. The van der Waals surface area contributed by atoms with E-state index in [4.69, 9.17) is 0 Å². The molecule has 0 aromatic heterocycles. The van der Waals surface area contributed by atoms with Crippen LogP contribution in [0.15, 0.2) is 24.3 Å². The van der Waals surface area contributed by atoms with Crippen LogP contribution >= 0.6 is 22.6 Å². The standard InChI is InChI=1S/C11H15IN2O/c1-14(2)10-5-3-9(4-6-10)11(15)13-8-7-12/h3-6H,7-8H2,1-2H3,(H,13,15). The fourth-order valence-corrected chi connectivity index (χ4v) is 1.44. The Morgan fingerprint density at radius 2 is 1.93 bits per heavy atom. The van der Waals surface area contributed by atoms with E-state index in [2.05, 4.69) is 27.9 Å². The SMILES string of the molecule is CN(C)c1ccc(C(=O)NCCI)cc1. The molecule has 1 rings (SSSR count). The molecule has 15 heavy (non-hydrogen) atoms. The maximum Gasteiger partial charge on any atom is 0.251 e. The Morgan fingerprint density at radius 3 is 2.40 bits per heavy atom. The second-order valence-corrected chi connectivity index (χ2v) is 4.46. The van der Waals surface area contributed by atoms with Gasteiger partial charge in [-0.3, -0.25) is 4.79 Å². The molecule has 82 valence electrons. The summed E-state index contributed by atoms with van der Waals surface area (Å²) in [4.78, 5) is 13.6. The fraction of sp³-hybridized carbons (Fsp3) is 0.364. The molecule has 3 nitrogen and oxygen atoms in total. The lowest BCUT2D eigenvalue weighted by Gasteiger charge is -2.12. The van der Waals surface area contributed by atoms with Crippen molar-refractivity contribution < 1.29 is 4.79 Å². The first-order valence-electron chi connectivity index (χ1n) is 4.76. The number of amides is 1. The zero-order chi connectivity index (χ0) is 11.3. The van der Waals surface area contributed by atoms with E-state index in [0.717, 1.165) is 16.7 Å². The van der Waals surface area contributed by atoms with Crippen LogP contribution in [0.5, 0.6) is 0 Å². The second kappa shape index (κ2) is 5.95. The van der Waals surface area contributed by atoms with Crippen molar-refractivity contribution in [1.29, 1.82) is 0 Å². The molecule has 0 unspecified atom stereocenters. The maximum absolute atomic E-state index is 11.6. The molecule has 0 fully saturated rings. The molecule has 0 aliphatic carbocycles. The van der Waals surface area contributed by atoms with E-state index < -0.39 is 0 Å². The molecule has 0 saturated carbocycles. The Labute approximate surface area is 104 Å². The molecule has 0 spiro atoms. The van der Waals surface area contributed by atoms with Gasteiger partial charge in [-0.1, -0.05) is 22.6 Å². The third kappa shape index (κ3) is 3.70. The van der Waals surface area contributed by atoms with Crippen molar-refractivity contribution >= 4 is 34.2 Å². The zero-order valence-corrected chi connectivity index (χ0v) is 11.1. The van der Waals surface area contributed by atoms with Gasteiger partial charge in [0.1, 0.15) is 0 Å². The molecule has 0 atom stereocenters. The minimum absolute atomic E-state index is 0.00280. The highest BCUT2D eigenvalue weighted by atomic mass is 127. The van der Waals surface area contributed by atoms with E-state index >= 15 is 0 Å². The highest BCUT2D eigenvalue weighted by Crippen LogP contribution is 2.11.